The monoisotopic (exact) mass is 286 g/mol. The minimum absolute atomic E-state index is 0. The SMILES string of the molecule is O=C(N1CCOCC1)[n+]1ccc(CCCO)cc1.[Cl-]. The normalized spacial score (nSPS) is 14.9. The molecule has 0 spiro atoms. The molecule has 1 aromatic rings. The number of carbonyl (C=O) groups is 1. The molecule has 2 rings (SSSR count). The number of aliphatic hydroxyl groups is 1. The van der Waals surface area contributed by atoms with E-state index in [-0.39, 0.29) is 25.0 Å². The lowest BCUT2D eigenvalue weighted by molar-refractivity contribution is -0.578. The molecule has 0 bridgehead atoms. The molecule has 1 fully saturated rings. The van der Waals surface area contributed by atoms with Crippen molar-refractivity contribution in [2.75, 3.05) is 32.9 Å². The Morgan fingerprint density at radius 3 is 2.53 bits per heavy atom. The Bertz CT molecular complexity index is 391. The lowest BCUT2D eigenvalue weighted by Crippen LogP contribution is -3.00. The maximum Gasteiger partial charge on any atom is 0.498 e. The zero-order valence-corrected chi connectivity index (χ0v) is 11.6. The fraction of sp³-hybridized carbons (Fsp3) is 0.538. The molecule has 1 amide bonds. The number of rotatable bonds is 3. The Kier molecular flexibility index (Phi) is 6.77. The van der Waals surface area contributed by atoms with Gasteiger partial charge in [0.2, 0.25) is 0 Å². The molecule has 19 heavy (non-hydrogen) atoms. The van der Waals surface area contributed by atoms with Crippen molar-refractivity contribution in [3.8, 4) is 0 Å². The number of aliphatic hydroxyl groups excluding tert-OH is 1. The maximum atomic E-state index is 12.1. The van der Waals surface area contributed by atoms with E-state index < -0.39 is 0 Å². The highest BCUT2D eigenvalue weighted by Gasteiger charge is 2.26. The van der Waals surface area contributed by atoms with Crippen LogP contribution in [-0.4, -0.2) is 48.9 Å². The van der Waals surface area contributed by atoms with E-state index in [1.165, 1.54) is 0 Å². The zero-order chi connectivity index (χ0) is 12.8. The first-order chi connectivity index (χ1) is 8.81. The third kappa shape index (κ3) is 4.45. The molecule has 1 aliphatic heterocycles. The molecule has 0 saturated carbocycles. The van der Waals surface area contributed by atoms with Crippen LogP contribution in [0.5, 0.6) is 0 Å². The first kappa shape index (κ1) is 15.9. The number of pyridine rings is 1. The van der Waals surface area contributed by atoms with Gasteiger partial charge in [-0.15, -0.1) is 0 Å². The van der Waals surface area contributed by atoms with E-state index in [1.54, 1.807) is 21.9 Å². The van der Waals surface area contributed by atoms with Crippen molar-refractivity contribution in [2.24, 2.45) is 0 Å². The highest BCUT2D eigenvalue weighted by Crippen LogP contribution is 2.01. The summed E-state index contributed by atoms with van der Waals surface area (Å²) in [5.74, 6) is 0. The quantitative estimate of drug-likeness (QED) is 0.611. The number of nitrogens with zero attached hydrogens (tertiary/aromatic N) is 2. The van der Waals surface area contributed by atoms with Crippen LogP contribution in [0.25, 0.3) is 0 Å². The van der Waals surface area contributed by atoms with Crippen molar-refractivity contribution in [2.45, 2.75) is 12.8 Å². The van der Waals surface area contributed by atoms with E-state index in [0.717, 1.165) is 18.4 Å². The van der Waals surface area contributed by atoms with Crippen molar-refractivity contribution in [1.82, 2.24) is 4.90 Å². The van der Waals surface area contributed by atoms with E-state index in [1.807, 2.05) is 12.1 Å². The number of hydrogen-bond acceptors (Lipinski definition) is 3. The van der Waals surface area contributed by atoms with Gasteiger partial charge in [0.15, 0.2) is 0 Å². The molecule has 0 aliphatic carbocycles. The summed E-state index contributed by atoms with van der Waals surface area (Å²) < 4.78 is 6.81. The summed E-state index contributed by atoms with van der Waals surface area (Å²) in [5.41, 5.74) is 1.13. The van der Waals surface area contributed by atoms with Gasteiger partial charge in [0.05, 0.1) is 25.6 Å². The van der Waals surface area contributed by atoms with Crippen molar-refractivity contribution in [3.05, 3.63) is 30.1 Å². The molecular formula is C13H19ClN2O3. The number of aryl methyl sites for hydroxylation is 1. The second-order valence-electron chi connectivity index (χ2n) is 4.32. The van der Waals surface area contributed by atoms with Gasteiger partial charge in [0.1, 0.15) is 13.1 Å². The molecule has 1 N–H and O–H groups in total. The predicted octanol–water partition coefficient (Wildman–Crippen LogP) is -2.80. The first-order valence-electron chi connectivity index (χ1n) is 6.29. The van der Waals surface area contributed by atoms with Gasteiger partial charge in [-0.3, -0.25) is 0 Å². The second kappa shape index (κ2) is 8.09. The Labute approximate surface area is 119 Å². The topological polar surface area (TPSA) is 53.7 Å². The molecule has 0 radical (unpaired) electrons. The molecular weight excluding hydrogens is 268 g/mol. The Morgan fingerprint density at radius 1 is 1.32 bits per heavy atom. The molecule has 0 aromatic carbocycles. The van der Waals surface area contributed by atoms with Crippen molar-refractivity contribution >= 4 is 6.03 Å². The number of morpholine rings is 1. The van der Waals surface area contributed by atoms with Crippen LogP contribution in [0.1, 0.15) is 12.0 Å². The van der Waals surface area contributed by atoms with Gasteiger partial charge in [-0.05, 0) is 30.5 Å². The molecule has 0 unspecified atom stereocenters. The van der Waals surface area contributed by atoms with Gasteiger partial charge in [-0.1, -0.05) is 0 Å². The van der Waals surface area contributed by atoms with Gasteiger partial charge < -0.3 is 22.3 Å². The molecule has 6 heteroatoms. The predicted molar refractivity (Wildman–Crippen MR) is 65.2 cm³/mol. The van der Waals surface area contributed by atoms with Crippen molar-refractivity contribution < 1.29 is 31.6 Å². The van der Waals surface area contributed by atoms with E-state index in [0.29, 0.717) is 26.3 Å². The highest BCUT2D eigenvalue weighted by molar-refractivity contribution is 5.64. The van der Waals surface area contributed by atoms with Crippen LogP contribution in [0, 0.1) is 0 Å². The molecule has 0 atom stereocenters. The fourth-order valence-electron chi connectivity index (χ4n) is 1.95. The van der Waals surface area contributed by atoms with Gasteiger partial charge in [0, 0.05) is 6.61 Å². The molecule has 106 valence electrons. The molecule has 1 saturated heterocycles. The van der Waals surface area contributed by atoms with Crippen LogP contribution in [0.15, 0.2) is 24.5 Å². The number of hydrogen-bond donors (Lipinski definition) is 1. The smallest absolute Gasteiger partial charge is 0.498 e. The van der Waals surface area contributed by atoms with Crippen LogP contribution < -0.4 is 17.0 Å². The Morgan fingerprint density at radius 2 is 1.95 bits per heavy atom. The van der Waals surface area contributed by atoms with E-state index in [4.69, 9.17) is 9.84 Å². The second-order valence-corrected chi connectivity index (χ2v) is 4.32. The summed E-state index contributed by atoms with van der Waals surface area (Å²) in [4.78, 5) is 13.9. The molecule has 1 aromatic heterocycles. The third-order valence-corrected chi connectivity index (χ3v) is 3.02. The number of carbonyl (C=O) groups excluding carboxylic acids is 1. The summed E-state index contributed by atoms with van der Waals surface area (Å²) in [7, 11) is 0. The number of amides is 1. The first-order valence-corrected chi connectivity index (χ1v) is 6.29. The molecule has 5 nitrogen and oxygen atoms in total. The average molecular weight is 287 g/mol. The summed E-state index contributed by atoms with van der Waals surface area (Å²) in [6, 6.07) is 3.84. The van der Waals surface area contributed by atoms with Gasteiger partial charge in [0.25, 0.3) is 0 Å². The number of aromatic nitrogens is 1. The molecule has 1 aliphatic rings. The standard InChI is InChI=1S/C13H19N2O3.ClH/c16-9-1-2-12-3-5-14(6-4-12)13(17)15-7-10-18-11-8-15;/h3-6,16H,1-2,7-11H2;1H/q+1;/p-1. The third-order valence-electron chi connectivity index (χ3n) is 3.02. The Balaban J connectivity index is 0.00000180. The largest absolute Gasteiger partial charge is 1.00 e. The minimum atomic E-state index is -0.00740. The van der Waals surface area contributed by atoms with Gasteiger partial charge in [-0.2, -0.15) is 9.36 Å². The van der Waals surface area contributed by atoms with E-state index in [9.17, 15) is 4.79 Å². The fourth-order valence-corrected chi connectivity index (χ4v) is 1.95. The van der Waals surface area contributed by atoms with E-state index in [2.05, 4.69) is 0 Å². The number of halogens is 1. The maximum absolute atomic E-state index is 12.1. The van der Waals surface area contributed by atoms with Crippen LogP contribution in [0.2, 0.25) is 0 Å². The summed E-state index contributed by atoms with van der Waals surface area (Å²) in [6.45, 7) is 2.72. The van der Waals surface area contributed by atoms with Crippen LogP contribution in [0.3, 0.4) is 0 Å². The summed E-state index contributed by atoms with van der Waals surface area (Å²) in [5, 5.41) is 8.76. The van der Waals surface area contributed by atoms with E-state index >= 15 is 0 Å². The highest BCUT2D eigenvalue weighted by atomic mass is 35.5. The van der Waals surface area contributed by atoms with Crippen LogP contribution >= 0.6 is 0 Å². The zero-order valence-electron chi connectivity index (χ0n) is 10.8. The van der Waals surface area contributed by atoms with Crippen LogP contribution in [0.4, 0.5) is 4.79 Å². The summed E-state index contributed by atoms with van der Waals surface area (Å²) >= 11 is 0. The molecule has 2 heterocycles. The Hall–Kier alpha value is -1.17. The van der Waals surface area contributed by atoms with Crippen molar-refractivity contribution in [1.29, 1.82) is 0 Å². The van der Waals surface area contributed by atoms with Gasteiger partial charge >= 0.3 is 6.03 Å². The summed E-state index contributed by atoms with van der Waals surface area (Å²) in [6.07, 6.45) is 5.15. The lowest BCUT2D eigenvalue weighted by Gasteiger charge is -2.19. The lowest BCUT2D eigenvalue weighted by atomic mass is 10.1. The number of ether oxygens (including phenoxy) is 1. The van der Waals surface area contributed by atoms with Gasteiger partial charge in [-0.25, -0.2) is 4.90 Å². The average Bonchev–Trinajstić information content (AvgIpc) is 2.46. The minimum Gasteiger partial charge on any atom is -1.00 e. The van der Waals surface area contributed by atoms with Crippen molar-refractivity contribution in [3.63, 3.8) is 0 Å². The van der Waals surface area contributed by atoms with Crippen LogP contribution in [-0.2, 0) is 11.2 Å².